The topological polar surface area (TPSA) is 38.0 Å². The first-order chi connectivity index (χ1) is 8.61. The molecule has 2 aromatic rings. The number of thiophene rings is 1. The van der Waals surface area contributed by atoms with Crippen LogP contribution in [0.25, 0.3) is 0 Å². The van der Waals surface area contributed by atoms with Crippen molar-refractivity contribution in [3.8, 4) is 0 Å². The maximum absolute atomic E-state index is 5.70. The third-order valence-electron chi connectivity index (χ3n) is 3.22. The fraction of sp³-hybridized carbons (Fsp3) is 0.286. The lowest BCUT2D eigenvalue weighted by atomic mass is 9.99. The standard InChI is InChI=1S/C14H17BrN2S/c1-9-3-4-11(7-10(9)2)13(17-16)8-14-12(15)5-6-18-14/h3-7,13,17H,8,16H2,1-2H3. The fourth-order valence-electron chi connectivity index (χ4n) is 1.91. The average molecular weight is 325 g/mol. The van der Waals surface area contributed by atoms with Crippen molar-refractivity contribution in [2.45, 2.75) is 26.3 Å². The number of benzene rings is 1. The number of nitrogens with one attached hydrogen (secondary N) is 1. The molecule has 0 aliphatic heterocycles. The Balaban J connectivity index is 2.23. The molecular weight excluding hydrogens is 308 g/mol. The molecule has 1 unspecified atom stereocenters. The third-order valence-corrected chi connectivity index (χ3v) is 5.16. The highest BCUT2D eigenvalue weighted by atomic mass is 79.9. The van der Waals surface area contributed by atoms with Crippen LogP contribution in [0, 0.1) is 13.8 Å². The zero-order valence-electron chi connectivity index (χ0n) is 10.5. The number of hydrogen-bond acceptors (Lipinski definition) is 3. The van der Waals surface area contributed by atoms with Crippen LogP contribution in [0.3, 0.4) is 0 Å². The van der Waals surface area contributed by atoms with Crippen molar-refractivity contribution in [2.24, 2.45) is 5.84 Å². The average Bonchev–Trinajstić information content (AvgIpc) is 2.75. The minimum absolute atomic E-state index is 0.152. The normalized spacial score (nSPS) is 12.7. The molecule has 4 heteroatoms. The highest BCUT2D eigenvalue weighted by Gasteiger charge is 2.13. The highest BCUT2D eigenvalue weighted by molar-refractivity contribution is 9.10. The molecule has 18 heavy (non-hydrogen) atoms. The predicted octanol–water partition coefficient (Wildman–Crippen LogP) is 3.87. The lowest BCUT2D eigenvalue weighted by molar-refractivity contribution is 0.554. The molecule has 2 nitrogen and oxygen atoms in total. The molecule has 0 saturated carbocycles. The second kappa shape index (κ2) is 5.97. The summed E-state index contributed by atoms with van der Waals surface area (Å²) in [6.07, 6.45) is 0.900. The smallest absolute Gasteiger partial charge is 0.0508 e. The van der Waals surface area contributed by atoms with Crippen LogP contribution >= 0.6 is 27.3 Å². The summed E-state index contributed by atoms with van der Waals surface area (Å²) in [6, 6.07) is 8.74. The van der Waals surface area contributed by atoms with Crippen molar-refractivity contribution < 1.29 is 0 Å². The lowest BCUT2D eigenvalue weighted by Gasteiger charge is -2.17. The summed E-state index contributed by atoms with van der Waals surface area (Å²) in [4.78, 5) is 1.32. The van der Waals surface area contributed by atoms with Crippen molar-refractivity contribution in [2.75, 3.05) is 0 Å². The Morgan fingerprint density at radius 3 is 2.61 bits per heavy atom. The summed E-state index contributed by atoms with van der Waals surface area (Å²) >= 11 is 5.32. The number of nitrogens with two attached hydrogens (primary N) is 1. The summed E-state index contributed by atoms with van der Waals surface area (Å²) < 4.78 is 1.16. The first kappa shape index (κ1) is 13.7. The molecular formula is C14H17BrN2S. The zero-order valence-corrected chi connectivity index (χ0v) is 12.9. The predicted molar refractivity (Wildman–Crippen MR) is 81.7 cm³/mol. The quantitative estimate of drug-likeness (QED) is 0.661. The first-order valence-electron chi connectivity index (χ1n) is 5.87. The van der Waals surface area contributed by atoms with E-state index in [1.807, 2.05) is 0 Å². The Morgan fingerprint density at radius 1 is 1.28 bits per heavy atom. The van der Waals surface area contributed by atoms with E-state index in [9.17, 15) is 0 Å². The van der Waals surface area contributed by atoms with Crippen LogP contribution in [0.4, 0.5) is 0 Å². The van der Waals surface area contributed by atoms with Crippen molar-refractivity contribution in [1.82, 2.24) is 5.43 Å². The molecule has 96 valence electrons. The second-order valence-electron chi connectivity index (χ2n) is 4.46. The van der Waals surface area contributed by atoms with Crippen molar-refractivity contribution in [1.29, 1.82) is 0 Å². The SMILES string of the molecule is Cc1ccc(C(Cc2sccc2Br)NN)cc1C. The maximum Gasteiger partial charge on any atom is 0.0508 e. The Kier molecular flexibility index (Phi) is 4.56. The van der Waals surface area contributed by atoms with E-state index < -0.39 is 0 Å². The zero-order chi connectivity index (χ0) is 13.1. The number of halogens is 1. The van der Waals surface area contributed by atoms with Crippen LogP contribution in [-0.4, -0.2) is 0 Å². The van der Waals surface area contributed by atoms with E-state index in [-0.39, 0.29) is 6.04 Å². The molecule has 0 saturated heterocycles. The Labute approximate surface area is 120 Å². The van der Waals surface area contributed by atoms with Crippen molar-refractivity contribution >= 4 is 27.3 Å². The fourth-order valence-corrected chi connectivity index (χ4v) is 3.47. The van der Waals surface area contributed by atoms with E-state index in [0.717, 1.165) is 10.9 Å². The van der Waals surface area contributed by atoms with Crippen LogP contribution in [0.1, 0.15) is 27.6 Å². The van der Waals surface area contributed by atoms with Crippen LogP contribution in [0.15, 0.2) is 34.1 Å². The molecule has 2 rings (SSSR count). The van der Waals surface area contributed by atoms with E-state index in [0.29, 0.717) is 0 Å². The molecule has 0 aliphatic carbocycles. The highest BCUT2D eigenvalue weighted by Crippen LogP contribution is 2.28. The molecule has 1 aromatic heterocycles. The van der Waals surface area contributed by atoms with Crippen LogP contribution in [0.2, 0.25) is 0 Å². The summed E-state index contributed by atoms with van der Waals surface area (Å²) in [5.41, 5.74) is 6.77. The number of rotatable bonds is 4. The van der Waals surface area contributed by atoms with Gasteiger partial charge in [-0.25, -0.2) is 0 Å². The van der Waals surface area contributed by atoms with E-state index in [1.165, 1.54) is 21.6 Å². The van der Waals surface area contributed by atoms with Crippen LogP contribution in [-0.2, 0) is 6.42 Å². The maximum atomic E-state index is 5.70. The molecule has 3 N–H and O–H groups in total. The summed E-state index contributed by atoms with van der Waals surface area (Å²) in [7, 11) is 0. The van der Waals surface area contributed by atoms with Gasteiger partial charge in [-0.3, -0.25) is 11.3 Å². The van der Waals surface area contributed by atoms with Gasteiger partial charge in [0.25, 0.3) is 0 Å². The monoisotopic (exact) mass is 324 g/mol. The molecule has 0 amide bonds. The molecule has 0 fully saturated rings. The molecule has 0 radical (unpaired) electrons. The molecule has 1 atom stereocenters. The summed E-state index contributed by atoms with van der Waals surface area (Å²) in [5, 5.41) is 2.09. The van der Waals surface area contributed by atoms with Gasteiger partial charge in [0, 0.05) is 15.8 Å². The molecule has 0 bridgehead atoms. The van der Waals surface area contributed by atoms with Crippen LogP contribution < -0.4 is 11.3 Å². The van der Waals surface area contributed by atoms with Gasteiger partial charge in [0.05, 0.1) is 6.04 Å². The van der Waals surface area contributed by atoms with Gasteiger partial charge in [-0.1, -0.05) is 18.2 Å². The van der Waals surface area contributed by atoms with Crippen LogP contribution in [0.5, 0.6) is 0 Å². The Bertz CT molecular complexity index is 536. The second-order valence-corrected chi connectivity index (χ2v) is 6.31. The summed E-state index contributed by atoms with van der Waals surface area (Å²) in [6.45, 7) is 4.26. The van der Waals surface area contributed by atoms with E-state index in [2.05, 4.69) is 64.8 Å². The van der Waals surface area contributed by atoms with Gasteiger partial charge >= 0.3 is 0 Å². The van der Waals surface area contributed by atoms with E-state index >= 15 is 0 Å². The molecule has 0 aliphatic rings. The third kappa shape index (κ3) is 3.01. The van der Waals surface area contributed by atoms with Gasteiger partial charge in [-0.15, -0.1) is 11.3 Å². The molecule has 0 spiro atoms. The van der Waals surface area contributed by atoms with Gasteiger partial charge in [0.1, 0.15) is 0 Å². The minimum Gasteiger partial charge on any atom is -0.271 e. The Morgan fingerprint density at radius 2 is 2.06 bits per heavy atom. The van der Waals surface area contributed by atoms with E-state index in [4.69, 9.17) is 5.84 Å². The molecule has 1 aromatic carbocycles. The molecule has 1 heterocycles. The van der Waals surface area contributed by atoms with Gasteiger partial charge < -0.3 is 0 Å². The lowest BCUT2D eigenvalue weighted by Crippen LogP contribution is -2.29. The Hall–Kier alpha value is -0.680. The largest absolute Gasteiger partial charge is 0.271 e. The van der Waals surface area contributed by atoms with Gasteiger partial charge in [0.15, 0.2) is 0 Å². The van der Waals surface area contributed by atoms with Gasteiger partial charge in [0.2, 0.25) is 0 Å². The first-order valence-corrected chi connectivity index (χ1v) is 7.54. The van der Waals surface area contributed by atoms with E-state index in [1.54, 1.807) is 11.3 Å². The number of aryl methyl sites for hydroxylation is 2. The van der Waals surface area contributed by atoms with Crippen molar-refractivity contribution in [3.63, 3.8) is 0 Å². The van der Waals surface area contributed by atoms with Gasteiger partial charge in [-0.05, 0) is 57.9 Å². The summed E-state index contributed by atoms with van der Waals surface area (Å²) in [5.74, 6) is 5.70. The van der Waals surface area contributed by atoms with Gasteiger partial charge in [-0.2, -0.15) is 0 Å². The number of hydrazine groups is 1. The van der Waals surface area contributed by atoms with Crippen molar-refractivity contribution in [3.05, 3.63) is 55.7 Å². The minimum atomic E-state index is 0.152. The number of hydrogen-bond donors (Lipinski definition) is 2.